The summed E-state index contributed by atoms with van der Waals surface area (Å²) in [5.74, 6) is -1.17. The first-order valence-electron chi connectivity index (χ1n) is 7.91. The molecule has 0 aliphatic heterocycles. The molecule has 10 heteroatoms. The molecule has 0 aliphatic carbocycles. The van der Waals surface area contributed by atoms with Crippen molar-refractivity contribution in [2.75, 3.05) is 18.4 Å². The van der Waals surface area contributed by atoms with Crippen LogP contribution in [0.3, 0.4) is 0 Å². The van der Waals surface area contributed by atoms with Crippen molar-refractivity contribution in [2.45, 2.75) is 4.90 Å². The zero-order valence-electron chi connectivity index (χ0n) is 14.6. The maximum absolute atomic E-state index is 12.8. The lowest BCUT2D eigenvalue weighted by Crippen LogP contribution is -2.38. The lowest BCUT2D eigenvalue weighted by molar-refractivity contribution is -0.116. The fraction of sp³-hybridized carbons (Fsp3) is 0.111. The van der Waals surface area contributed by atoms with Crippen molar-refractivity contribution in [3.63, 3.8) is 0 Å². The Kier molecular flexibility index (Phi) is 7.20. The van der Waals surface area contributed by atoms with Crippen LogP contribution in [0.2, 0.25) is 10.0 Å². The van der Waals surface area contributed by atoms with Gasteiger partial charge in [-0.1, -0.05) is 29.3 Å². The number of sulfonamides is 1. The molecule has 2 aromatic rings. The van der Waals surface area contributed by atoms with Gasteiger partial charge < -0.3 is 11.1 Å². The van der Waals surface area contributed by atoms with E-state index in [2.05, 4.69) is 11.9 Å². The number of anilines is 1. The summed E-state index contributed by atoms with van der Waals surface area (Å²) in [6, 6.07) is 9.77. The van der Waals surface area contributed by atoms with E-state index in [1.807, 2.05) is 0 Å². The topological polar surface area (TPSA) is 110 Å². The van der Waals surface area contributed by atoms with Gasteiger partial charge in [0, 0.05) is 17.8 Å². The van der Waals surface area contributed by atoms with Crippen LogP contribution in [0.15, 0.2) is 60.0 Å². The Labute approximate surface area is 172 Å². The number of primary amides is 1. The molecule has 2 aromatic carbocycles. The molecule has 0 fully saturated rings. The smallest absolute Gasteiger partial charge is 0.248 e. The third-order valence-electron chi connectivity index (χ3n) is 3.63. The Balaban J connectivity index is 2.18. The summed E-state index contributed by atoms with van der Waals surface area (Å²) in [5.41, 5.74) is 5.84. The van der Waals surface area contributed by atoms with Crippen LogP contribution in [-0.4, -0.2) is 37.6 Å². The van der Waals surface area contributed by atoms with Gasteiger partial charge in [-0.3, -0.25) is 9.59 Å². The SMILES string of the molecule is C=CCN(CC(=O)Nc1ccc(C(N)=O)cc1)S(=O)(=O)c1ccc(Cl)c(Cl)c1. The highest BCUT2D eigenvalue weighted by molar-refractivity contribution is 7.89. The number of nitrogens with zero attached hydrogens (tertiary/aromatic N) is 1. The highest BCUT2D eigenvalue weighted by Crippen LogP contribution is 2.26. The monoisotopic (exact) mass is 441 g/mol. The number of nitrogens with two attached hydrogens (primary N) is 1. The summed E-state index contributed by atoms with van der Waals surface area (Å²) in [6.45, 7) is 2.99. The van der Waals surface area contributed by atoms with Crippen molar-refractivity contribution in [1.29, 1.82) is 0 Å². The molecule has 28 heavy (non-hydrogen) atoms. The van der Waals surface area contributed by atoms with E-state index in [1.54, 1.807) is 0 Å². The Bertz CT molecular complexity index is 1010. The van der Waals surface area contributed by atoms with Crippen LogP contribution >= 0.6 is 23.2 Å². The number of benzene rings is 2. The van der Waals surface area contributed by atoms with Gasteiger partial charge in [-0.15, -0.1) is 6.58 Å². The molecule has 3 N–H and O–H groups in total. The van der Waals surface area contributed by atoms with Gasteiger partial charge in [0.05, 0.1) is 21.5 Å². The van der Waals surface area contributed by atoms with Crippen molar-refractivity contribution in [3.8, 4) is 0 Å². The molecule has 0 saturated heterocycles. The lowest BCUT2D eigenvalue weighted by atomic mass is 10.2. The minimum atomic E-state index is -4.01. The lowest BCUT2D eigenvalue weighted by Gasteiger charge is -2.20. The molecule has 148 valence electrons. The van der Waals surface area contributed by atoms with Crippen molar-refractivity contribution < 1.29 is 18.0 Å². The molecule has 2 rings (SSSR count). The molecule has 2 amide bonds. The van der Waals surface area contributed by atoms with Gasteiger partial charge in [-0.05, 0) is 42.5 Å². The van der Waals surface area contributed by atoms with E-state index in [0.717, 1.165) is 4.31 Å². The fourth-order valence-corrected chi connectivity index (χ4v) is 4.01. The van der Waals surface area contributed by atoms with Crippen LogP contribution in [0, 0.1) is 0 Å². The second-order valence-corrected chi connectivity index (χ2v) is 8.40. The summed E-state index contributed by atoms with van der Waals surface area (Å²) in [5, 5.41) is 2.86. The van der Waals surface area contributed by atoms with Gasteiger partial charge in [0.25, 0.3) is 0 Å². The third-order valence-corrected chi connectivity index (χ3v) is 6.18. The minimum absolute atomic E-state index is 0.0836. The fourth-order valence-electron chi connectivity index (χ4n) is 2.26. The number of rotatable bonds is 8. The summed E-state index contributed by atoms with van der Waals surface area (Å²) in [6.07, 6.45) is 1.37. The summed E-state index contributed by atoms with van der Waals surface area (Å²) in [4.78, 5) is 23.3. The summed E-state index contributed by atoms with van der Waals surface area (Å²) >= 11 is 11.7. The molecule has 0 radical (unpaired) electrons. The first-order valence-corrected chi connectivity index (χ1v) is 10.1. The molecular weight excluding hydrogens is 425 g/mol. The Hall–Kier alpha value is -2.39. The predicted molar refractivity (Wildman–Crippen MR) is 109 cm³/mol. The van der Waals surface area contributed by atoms with Gasteiger partial charge >= 0.3 is 0 Å². The van der Waals surface area contributed by atoms with Crippen molar-refractivity contribution in [3.05, 3.63) is 70.7 Å². The number of nitrogens with one attached hydrogen (secondary N) is 1. The molecule has 0 aliphatic rings. The van der Waals surface area contributed by atoms with E-state index in [4.69, 9.17) is 28.9 Å². The van der Waals surface area contributed by atoms with Crippen molar-refractivity contribution >= 4 is 50.7 Å². The Morgan fingerprint density at radius 3 is 2.29 bits per heavy atom. The molecule has 0 atom stereocenters. The van der Waals surface area contributed by atoms with Gasteiger partial charge in [0.15, 0.2) is 0 Å². The first-order chi connectivity index (χ1) is 13.1. The van der Waals surface area contributed by atoms with E-state index < -0.39 is 28.4 Å². The second kappa shape index (κ2) is 9.20. The maximum atomic E-state index is 12.8. The molecular formula is C18H17Cl2N3O4S. The molecule has 0 saturated carbocycles. The van der Waals surface area contributed by atoms with Gasteiger partial charge in [0.1, 0.15) is 0 Å². The maximum Gasteiger partial charge on any atom is 0.248 e. The van der Waals surface area contributed by atoms with Crippen LogP contribution in [0.1, 0.15) is 10.4 Å². The van der Waals surface area contributed by atoms with Crippen molar-refractivity contribution in [2.24, 2.45) is 5.73 Å². The molecule has 0 unspecified atom stereocenters. The summed E-state index contributed by atoms with van der Waals surface area (Å²) < 4.78 is 26.6. The number of carbonyl (C=O) groups is 2. The van der Waals surface area contributed by atoms with Crippen molar-refractivity contribution in [1.82, 2.24) is 4.31 Å². The molecule has 0 spiro atoms. The number of amides is 2. The van der Waals surface area contributed by atoms with E-state index >= 15 is 0 Å². The average molecular weight is 442 g/mol. The average Bonchev–Trinajstić information content (AvgIpc) is 2.64. The minimum Gasteiger partial charge on any atom is -0.366 e. The summed E-state index contributed by atoms with van der Waals surface area (Å²) in [7, 11) is -4.01. The van der Waals surface area contributed by atoms with E-state index in [1.165, 1.54) is 48.5 Å². The van der Waals surface area contributed by atoms with Crippen LogP contribution in [0.5, 0.6) is 0 Å². The molecule has 7 nitrogen and oxygen atoms in total. The van der Waals surface area contributed by atoms with Crippen LogP contribution < -0.4 is 11.1 Å². The molecule has 0 heterocycles. The Morgan fingerprint density at radius 2 is 1.75 bits per heavy atom. The number of halogens is 2. The number of hydrogen-bond donors (Lipinski definition) is 2. The second-order valence-electron chi connectivity index (χ2n) is 5.65. The predicted octanol–water partition coefficient (Wildman–Crippen LogP) is 2.91. The van der Waals surface area contributed by atoms with Gasteiger partial charge in [0.2, 0.25) is 21.8 Å². The molecule has 0 bridgehead atoms. The largest absolute Gasteiger partial charge is 0.366 e. The van der Waals surface area contributed by atoms with Crippen LogP contribution in [-0.2, 0) is 14.8 Å². The first kappa shape index (κ1) is 21.9. The standard InChI is InChI=1S/C18H17Cl2N3O4S/c1-2-9-23(28(26,27)14-7-8-15(19)16(20)10-14)11-17(24)22-13-5-3-12(4-6-13)18(21)25/h2-8,10H,1,9,11H2,(H2,21,25)(H,22,24). The van der Waals surface area contributed by atoms with Crippen LogP contribution in [0.4, 0.5) is 5.69 Å². The highest BCUT2D eigenvalue weighted by Gasteiger charge is 2.26. The molecule has 0 aromatic heterocycles. The number of hydrogen-bond acceptors (Lipinski definition) is 4. The van der Waals surface area contributed by atoms with E-state index in [-0.39, 0.29) is 27.0 Å². The number of carbonyl (C=O) groups excluding carboxylic acids is 2. The van der Waals surface area contributed by atoms with Gasteiger partial charge in [-0.25, -0.2) is 8.42 Å². The Morgan fingerprint density at radius 1 is 1.11 bits per heavy atom. The third kappa shape index (κ3) is 5.32. The zero-order chi connectivity index (χ0) is 20.9. The highest BCUT2D eigenvalue weighted by atomic mass is 35.5. The normalized spacial score (nSPS) is 11.2. The van der Waals surface area contributed by atoms with Gasteiger partial charge in [-0.2, -0.15) is 4.31 Å². The van der Waals surface area contributed by atoms with Crippen LogP contribution in [0.25, 0.3) is 0 Å². The zero-order valence-corrected chi connectivity index (χ0v) is 16.9. The quantitative estimate of drug-likeness (QED) is 0.613. The van der Waals surface area contributed by atoms with E-state index in [9.17, 15) is 18.0 Å². The van der Waals surface area contributed by atoms with E-state index in [0.29, 0.717) is 5.69 Å².